The molecule has 0 amide bonds. The minimum Gasteiger partial charge on any atom is -0.340 e. The number of nitrogens with zero attached hydrogens (tertiary/aromatic N) is 3. The van der Waals surface area contributed by atoms with Crippen LogP contribution in [0.1, 0.15) is 50.0 Å². The smallest absolute Gasteiger partial charge is 0.130 e. The van der Waals surface area contributed by atoms with Gasteiger partial charge < -0.3 is 5.32 Å². The van der Waals surface area contributed by atoms with Crippen LogP contribution >= 0.6 is 11.3 Å². The number of hydrazine groups is 1. The molecule has 0 atom stereocenters. The fraction of sp³-hybridized carbons (Fsp3) is 0.364. The first-order valence-electron chi connectivity index (χ1n) is 10.3. The number of nitrogens with one attached hydrogen (secondary N) is 2. The predicted octanol–water partition coefficient (Wildman–Crippen LogP) is 5.72. The Labute approximate surface area is 175 Å². The van der Waals surface area contributed by atoms with Gasteiger partial charge in [-0.25, -0.2) is 15.4 Å². The van der Waals surface area contributed by atoms with Gasteiger partial charge in [0, 0.05) is 36.1 Å². The topological polar surface area (TPSA) is 73.3 Å². The lowest BCUT2D eigenvalue weighted by Crippen LogP contribution is -2.35. The van der Waals surface area contributed by atoms with E-state index in [9.17, 15) is 5.21 Å². The molecule has 6 nitrogen and oxygen atoms in total. The molecular formula is C22H27N5OS. The lowest BCUT2D eigenvalue weighted by atomic mass is 9.90. The van der Waals surface area contributed by atoms with Gasteiger partial charge in [0.15, 0.2) is 0 Å². The van der Waals surface area contributed by atoms with Crippen LogP contribution in [-0.4, -0.2) is 21.7 Å². The van der Waals surface area contributed by atoms with Crippen molar-refractivity contribution in [1.82, 2.24) is 15.4 Å². The third-order valence-electron chi connectivity index (χ3n) is 5.21. The molecule has 1 saturated carbocycles. The highest BCUT2D eigenvalue weighted by Gasteiger charge is 2.21. The van der Waals surface area contributed by atoms with Crippen LogP contribution in [0.4, 0.5) is 17.2 Å². The van der Waals surface area contributed by atoms with Gasteiger partial charge in [-0.1, -0.05) is 32.3 Å². The Hall–Kier alpha value is -2.48. The summed E-state index contributed by atoms with van der Waals surface area (Å²) in [5, 5.41) is 16.2. The maximum Gasteiger partial charge on any atom is 0.130 e. The van der Waals surface area contributed by atoms with Gasteiger partial charge >= 0.3 is 0 Å². The van der Waals surface area contributed by atoms with Gasteiger partial charge in [-0.15, -0.1) is 11.3 Å². The highest BCUT2D eigenvalue weighted by Crippen LogP contribution is 2.40. The molecule has 4 rings (SSSR count). The molecule has 0 aliphatic heterocycles. The Morgan fingerprint density at radius 1 is 1.14 bits per heavy atom. The standard InChI is InChI=1S/C22H27N5OS/c1-2-25-27(28)19-14-17(26-21-10-6-7-13-23-21)11-12-18(19)20-15-24-22(29-20)16-8-4-3-5-9-16/h6-7,10-16,25,28H,2-5,8-9H2,1H3,(H,23,26). The van der Waals surface area contributed by atoms with Crippen LogP contribution in [-0.2, 0) is 0 Å². The molecular weight excluding hydrogens is 382 g/mol. The Kier molecular flexibility index (Phi) is 6.39. The number of hydrogen-bond donors (Lipinski definition) is 3. The molecule has 2 heterocycles. The number of benzene rings is 1. The van der Waals surface area contributed by atoms with Crippen molar-refractivity contribution in [2.45, 2.75) is 44.9 Å². The van der Waals surface area contributed by atoms with E-state index >= 15 is 0 Å². The normalized spacial score (nSPS) is 14.7. The molecule has 152 valence electrons. The first-order chi connectivity index (χ1) is 14.2. The molecule has 0 unspecified atom stereocenters. The molecule has 3 N–H and O–H groups in total. The van der Waals surface area contributed by atoms with Crippen LogP contribution in [0.3, 0.4) is 0 Å². The van der Waals surface area contributed by atoms with E-state index in [1.807, 2.05) is 49.5 Å². The van der Waals surface area contributed by atoms with Gasteiger partial charge in [0.1, 0.15) is 5.82 Å². The van der Waals surface area contributed by atoms with E-state index in [1.54, 1.807) is 17.5 Å². The summed E-state index contributed by atoms with van der Waals surface area (Å²) in [5.41, 5.74) is 5.47. The van der Waals surface area contributed by atoms with E-state index in [1.165, 1.54) is 37.1 Å². The first-order valence-corrected chi connectivity index (χ1v) is 11.1. The van der Waals surface area contributed by atoms with Crippen molar-refractivity contribution < 1.29 is 5.21 Å². The quantitative estimate of drug-likeness (QED) is 0.434. The second-order valence-electron chi connectivity index (χ2n) is 7.29. The van der Waals surface area contributed by atoms with Crippen LogP contribution in [0.15, 0.2) is 48.8 Å². The summed E-state index contributed by atoms with van der Waals surface area (Å²) in [6.45, 7) is 2.57. The van der Waals surface area contributed by atoms with Crippen LogP contribution in [0.25, 0.3) is 10.4 Å². The summed E-state index contributed by atoms with van der Waals surface area (Å²) in [5.74, 6) is 1.34. The molecule has 1 fully saturated rings. The fourth-order valence-electron chi connectivity index (χ4n) is 3.76. The minimum absolute atomic E-state index is 0.579. The van der Waals surface area contributed by atoms with Gasteiger partial charge in [-0.2, -0.15) is 5.17 Å². The average molecular weight is 410 g/mol. The van der Waals surface area contributed by atoms with Gasteiger partial charge in [-0.3, -0.25) is 5.21 Å². The molecule has 7 heteroatoms. The van der Waals surface area contributed by atoms with E-state index in [0.717, 1.165) is 27.1 Å². The molecule has 3 aromatic rings. The third-order valence-corrected chi connectivity index (χ3v) is 6.41. The highest BCUT2D eigenvalue weighted by atomic mass is 32.1. The molecule has 0 saturated heterocycles. The summed E-state index contributed by atoms with van der Waals surface area (Å²) >= 11 is 1.74. The zero-order valence-electron chi connectivity index (χ0n) is 16.6. The van der Waals surface area contributed by atoms with Crippen molar-refractivity contribution in [2.24, 2.45) is 0 Å². The Balaban J connectivity index is 1.64. The van der Waals surface area contributed by atoms with Crippen LogP contribution in [0, 0.1) is 0 Å². The summed E-state index contributed by atoms with van der Waals surface area (Å²) < 4.78 is 0. The second kappa shape index (κ2) is 9.35. The zero-order chi connectivity index (χ0) is 20.1. The largest absolute Gasteiger partial charge is 0.340 e. The van der Waals surface area contributed by atoms with Gasteiger partial charge in [0.05, 0.1) is 15.6 Å². The highest BCUT2D eigenvalue weighted by molar-refractivity contribution is 7.15. The van der Waals surface area contributed by atoms with Crippen molar-refractivity contribution in [2.75, 3.05) is 17.0 Å². The third kappa shape index (κ3) is 4.75. The SMILES string of the molecule is CCNN(O)c1cc(Nc2ccccn2)ccc1-c1cnc(C2CCCCC2)s1. The summed E-state index contributed by atoms with van der Waals surface area (Å²) in [6.07, 6.45) is 10.1. The summed E-state index contributed by atoms with van der Waals surface area (Å²) in [4.78, 5) is 10.1. The molecule has 0 bridgehead atoms. The first kappa shape index (κ1) is 19.8. The van der Waals surface area contributed by atoms with E-state index in [2.05, 4.69) is 15.7 Å². The zero-order valence-corrected chi connectivity index (χ0v) is 17.5. The van der Waals surface area contributed by atoms with Gasteiger partial charge in [0.25, 0.3) is 0 Å². The lowest BCUT2D eigenvalue weighted by molar-refractivity contribution is 0.214. The molecule has 0 spiro atoms. The van der Waals surface area contributed by atoms with Crippen molar-refractivity contribution in [3.63, 3.8) is 0 Å². The number of aromatic nitrogens is 2. The van der Waals surface area contributed by atoms with E-state index in [-0.39, 0.29) is 0 Å². The fourth-order valence-corrected chi connectivity index (χ4v) is 4.88. The van der Waals surface area contributed by atoms with E-state index in [4.69, 9.17) is 4.98 Å². The molecule has 1 aliphatic carbocycles. The van der Waals surface area contributed by atoms with Gasteiger partial charge in [-0.05, 0) is 43.2 Å². The van der Waals surface area contributed by atoms with Crippen LogP contribution in [0.5, 0.6) is 0 Å². The molecule has 29 heavy (non-hydrogen) atoms. The van der Waals surface area contributed by atoms with E-state index < -0.39 is 0 Å². The maximum atomic E-state index is 10.6. The number of anilines is 3. The maximum absolute atomic E-state index is 10.6. The lowest BCUT2D eigenvalue weighted by Gasteiger charge is -2.21. The Bertz CT molecular complexity index is 924. The monoisotopic (exact) mass is 409 g/mol. The van der Waals surface area contributed by atoms with Gasteiger partial charge in [0.2, 0.25) is 0 Å². The van der Waals surface area contributed by atoms with Crippen molar-refractivity contribution in [3.8, 4) is 10.4 Å². The van der Waals surface area contributed by atoms with E-state index in [0.29, 0.717) is 18.2 Å². The number of pyridine rings is 1. The molecule has 2 aromatic heterocycles. The van der Waals surface area contributed by atoms with Crippen molar-refractivity contribution >= 4 is 28.5 Å². The second-order valence-corrected chi connectivity index (χ2v) is 8.36. The van der Waals surface area contributed by atoms with Crippen molar-refractivity contribution in [3.05, 3.63) is 53.8 Å². The number of rotatable bonds is 7. The van der Waals surface area contributed by atoms with Crippen LogP contribution in [0.2, 0.25) is 0 Å². The van der Waals surface area contributed by atoms with Crippen LogP contribution < -0.4 is 15.9 Å². The minimum atomic E-state index is 0.579. The molecule has 1 aromatic carbocycles. The number of thiazole rings is 1. The Morgan fingerprint density at radius 3 is 2.76 bits per heavy atom. The predicted molar refractivity (Wildman–Crippen MR) is 119 cm³/mol. The summed E-state index contributed by atoms with van der Waals surface area (Å²) in [7, 11) is 0. The van der Waals surface area contributed by atoms with Crippen molar-refractivity contribution in [1.29, 1.82) is 0 Å². The number of hydrogen-bond acceptors (Lipinski definition) is 7. The Morgan fingerprint density at radius 2 is 2.00 bits per heavy atom. The molecule has 1 aliphatic rings. The molecule has 0 radical (unpaired) electrons. The summed E-state index contributed by atoms with van der Waals surface area (Å²) in [6, 6.07) is 11.7. The average Bonchev–Trinajstić information content (AvgIpc) is 3.25.